The number of hydrogen-bond donors (Lipinski definition) is 3. The molecule has 1 rings (SSSR count). The molecule has 1 heterocycles. The number of hydrogen-bond acceptors (Lipinski definition) is 4. The lowest BCUT2D eigenvalue weighted by atomic mass is 10.1. The van der Waals surface area contributed by atoms with E-state index in [0.29, 0.717) is 19.0 Å². The van der Waals surface area contributed by atoms with Gasteiger partial charge in [0.1, 0.15) is 0 Å². The Bertz CT molecular complexity index is 426. The quantitative estimate of drug-likeness (QED) is 0.271. The zero-order chi connectivity index (χ0) is 16.3. The second kappa shape index (κ2) is 13.2. The SMILES string of the molecule is CCCN=C(NCC)NCCS(=O)(=O)NCC1CCCCO1.I. The zero-order valence-electron chi connectivity index (χ0n) is 14.1. The Balaban J connectivity index is 0.00000484. The first-order chi connectivity index (χ1) is 10.6. The minimum absolute atomic E-state index is 0. The summed E-state index contributed by atoms with van der Waals surface area (Å²) in [6, 6.07) is 0. The van der Waals surface area contributed by atoms with Crippen molar-refractivity contribution in [2.45, 2.75) is 45.6 Å². The number of ether oxygens (including phenoxy) is 1. The van der Waals surface area contributed by atoms with E-state index in [9.17, 15) is 8.42 Å². The lowest BCUT2D eigenvalue weighted by Gasteiger charge is -2.22. The first-order valence-electron chi connectivity index (χ1n) is 8.18. The molecule has 0 saturated carbocycles. The van der Waals surface area contributed by atoms with Crippen molar-refractivity contribution in [3.63, 3.8) is 0 Å². The van der Waals surface area contributed by atoms with Crippen LogP contribution in [0.1, 0.15) is 39.5 Å². The Morgan fingerprint density at radius 2 is 2.04 bits per heavy atom. The van der Waals surface area contributed by atoms with Gasteiger partial charge < -0.3 is 15.4 Å². The van der Waals surface area contributed by atoms with Gasteiger partial charge in [0.2, 0.25) is 10.0 Å². The normalized spacial score (nSPS) is 19.0. The van der Waals surface area contributed by atoms with E-state index in [1.807, 2.05) is 6.92 Å². The van der Waals surface area contributed by atoms with Crippen LogP contribution < -0.4 is 15.4 Å². The van der Waals surface area contributed by atoms with Crippen LogP contribution in [0.2, 0.25) is 0 Å². The Labute approximate surface area is 157 Å². The fourth-order valence-electron chi connectivity index (χ4n) is 2.13. The maximum atomic E-state index is 12.0. The summed E-state index contributed by atoms with van der Waals surface area (Å²) in [4.78, 5) is 4.33. The molecular weight excluding hydrogens is 431 g/mol. The van der Waals surface area contributed by atoms with Gasteiger partial charge in [-0.05, 0) is 32.6 Å². The minimum Gasteiger partial charge on any atom is -0.377 e. The summed E-state index contributed by atoms with van der Waals surface area (Å²) in [6.07, 6.45) is 4.07. The van der Waals surface area contributed by atoms with E-state index >= 15 is 0 Å². The molecule has 3 N–H and O–H groups in total. The van der Waals surface area contributed by atoms with Crippen molar-refractivity contribution in [2.75, 3.05) is 38.5 Å². The van der Waals surface area contributed by atoms with Crippen LogP contribution in [0.25, 0.3) is 0 Å². The number of nitrogens with one attached hydrogen (secondary N) is 3. The molecule has 1 aliphatic heterocycles. The highest BCUT2D eigenvalue weighted by Crippen LogP contribution is 2.11. The van der Waals surface area contributed by atoms with Gasteiger partial charge in [-0.25, -0.2) is 13.1 Å². The van der Waals surface area contributed by atoms with Crippen LogP contribution in [-0.4, -0.2) is 59.0 Å². The maximum absolute atomic E-state index is 12.0. The average molecular weight is 462 g/mol. The van der Waals surface area contributed by atoms with Crippen molar-refractivity contribution in [3.8, 4) is 0 Å². The molecule has 1 saturated heterocycles. The van der Waals surface area contributed by atoms with Crippen LogP contribution >= 0.6 is 24.0 Å². The molecule has 0 spiro atoms. The largest absolute Gasteiger partial charge is 0.377 e. The molecule has 0 aromatic carbocycles. The summed E-state index contributed by atoms with van der Waals surface area (Å²) in [5, 5.41) is 6.13. The molecule has 7 nitrogen and oxygen atoms in total. The van der Waals surface area contributed by atoms with E-state index in [1.54, 1.807) is 0 Å². The van der Waals surface area contributed by atoms with Crippen LogP contribution in [0, 0.1) is 0 Å². The summed E-state index contributed by atoms with van der Waals surface area (Å²) < 4.78 is 32.1. The van der Waals surface area contributed by atoms with Crippen LogP contribution in [0.3, 0.4) is 0 Å². The molecule has 1 unspecified atom stereocenters. The van der Waals surface area contributed by atoms with Crippen molar-refractivity contribution < 1.29 is 13.2 Å². The van der Waals surface area contributed by atoms with Crippen molar-refractivity contribution in [3.05, 3.63) is 0 Å². The van der Waals surface area contributed by atoms with E-state index in [-0.39, 0.29) is 35.8 Å². The number of halogens is 1. The number of sulfonamides is 1. The summed E-state index contributed by atoms with van der Waals surface area (Å²) in [6.45, 7) is 6.93. The summed E-state index contributed by atoms with van der Waals surface area (Å²) in [7, 11) is -3.29. The van der Waals surface area contributed by atoms with Gasteiger partial charge in [0.15, 0.2) is 5.96 Å². The van der Waals surface area contributed by atoms with E-state index in [4.69, 9.17) is 4.74 Å². The smallest absolute Gasteiger partial charge is 0.213 e. The molecule has 138 valence electrons. The number of nitrogens with zero attached hydrogens (tertiary/aromatic N) is 1. The van der Waals surface area contributed by atoms with Gasteiger partial charge in [0, 0.05) is 32.8 Å². The standard InChI is InChI=1S/C14H30N4O3S.HI/c1-3-8-16-14(15-4-2)17-9-11-22(19,20)18-12-13-7-5-6-10-21-13;/h13,18H,3-12H2,1-2H3,(H2,15,16,17);1H. The van der Waals surface area contributed by atoms with Crippen LogP contribution in [0.5, 0.6) is 0 Å². The van der Waals surface area contributed by atoms with Crippen LogP contribution in [0.15, 0.2) is 4.99 Å². The summed E-state index contributed by atoms with van der Waals surface area (Å²) >= 11 is 0. The molecule has 0 aromatic heterocycles. The average Bonchev–Trinajstić information content (AvgIpc) is 2.51. The monoisotopic (exact) mass is 462 g/mol. The molecule has 23 heavy (non-hydrogen) atoms. The third-order valence-electron chi connectivity index (χ3n) is 3.31. The van der Waals surface area contributed by atoms with Gasteiger partial charge in [-0.3, -0.25) is 4.99 Å². The number of guanidine groups is 1. The van der Waals surface area contributed by atoms with E-state index in [0.717, 1.165) is 45.4 Å². The molecule has 0 aliphatic carbocycles. The molecule has 0 bridgehead atoms. The van der Waals surface area contributed by atoms with Gasteiger partial charge in [0.25, 0.3) is 0 Å². The van der Waals surface area contributed by atoms with Crippen LogP contribution in [-0.2, 0) is 14.8 Å². The molecule has 0 amide bonds. The molecule has 1 aliphatic rings. The van der Waals surface area contributed by atoms with Crippen molar-refractivity contribution in [1.82, 2.24) is 15.4 Å². The molecular formula is C14H31IN4O3S. The number of rotatable bonds is 9. The van der Waals surface area contributed by atoms with Gasteiger partial charge in [-0.15, -0.1) is 24.0 Å². The molecule has 1 atom stereocenters. The fraction of sp³-hybridized carbons (Fsp3) is 0.929. The van der Waals surface area contributed by atoms with Crippen molar-refractivity contribution in [1.29, 1.82) is 0 Å². The lowest BCUT2D eigenvalue weighted by molar-refractivity contribution is 0.0200. The topological polar surface area (TPSA) is 91.8 Å². The highest BCUT2D eigenvalue weighted by Gasteiger charge is 2.17. The van der Waals surface area contributed by atoms with Crippen molar-refractivity contribution in [2.24, 2.45) is 4.99 Å². The lowest BCUT2D eigenvalue weighted by Crippen LogP contribution is -2.42. The maximum Gasteiger partial charge on any atom is 0.213 e. The molecule has 1 fully saturated rings. The minimum atomic E-state index is -3.29. The second-order valence-electron chi connectivity index (χ2n) is 5.34. The fourth-order valence-corrected chi connectivity index (χ4v) is 3.08. The van der Waals surface area contributed by atoms with E-state index < -0.39 is 10.0 Å². The predicted octanol–water partition coefficient (Wildman–Crippen LogP) is 1.06. The first kappa shape index (κ1) is 22.9. The summed E-state index contributed by atoms with van der Waals surface area (Å²) in [5.41, 5.74) is 0. The van der Waals surface area contributed by atoms with Gasteiger partial charge >= 0.3 is 0 Å². The number of aliphatic imine (C=N–C) groups is 1. The zero-order valence-corrected chi connectivity index (χ0v) is 17.3. The van der Waals surface area contributed by atoms with Gasteiger partial charge in [-0.1, -0.05) is 6.92 Å². The molecule has 0 aromatic rings. The Hall–Kier alpha value is -0.130. The molecule has 0 radical (unpaired) electrons. The van der Waals surface area contributed by atoms with Crippen molar-refractivity contribution >= 4 is 40.0 Å². The third kappa shape index (κ3) is 11.1. The van der Waals surface area contributed by atoms with Crippen LogP contribution in [0.4, 0.5) is 0 Å². The Kier molecular flexibility index (Phi) is 13.1. The third-order valence-corrected chi connectivity index (χ3v) is 4.65. The second-order valence-corrected chi connectivity index (χ2v) is 7.27. The Morgan fingerprint density at radius 3 is 2.65 bits per heavy atom. The first-order valence-corrected chi connectivity index (χ1v) is 9.83. The predicted molar refractivity (Wildman–Crippen MR) is 105 cm³/mol. The highest BCUT2D eigenvalue weighted by molar-refractivity contribution is 14.0. The van der Waals surface area contributed by atoms with E-state index in [2.05, 4.69) is 27.3 Å². The van der Waals surface area contributed by atoms with E-state index in [1.165, 1.54) is 0 Å². The van der Waals surface area contributed by atoms with Gasteiger partial charge in [0.05, 0.1) is 11.9 Å². The Morgan fingerprint density at radius 1 is 1.26 bits per heavy atom. The molecule has 9 heteroatoms. The van der Waals surface area contributed by atoms with Gasteiger partial charge in [-0.2, -0.15) is 0 Å². The summed E-state index contributed by atoms with van der Waals surface area (Å²) in [5.74, 6) is 0.686. The highest BCUT2D eigenvalue weighted by atomic mass is 127.